The summed E-state index contributed by atoms with van der Waals surface area (Å²) in [5.74, 6) is -0.752. The first-order valence-electron chi connectivity index (χ1n) is 13.8. The standard InChI is InChI=1S/C34H31FN4O2/c1-21-10-11-24(32(40)37-34(16-7-17-34)26-8-5-4-6-9-26)19-28(21)25-18-22(2)39-29(20-25)30(33(41)36-3)31(38-39)23-12-14-27(35)15-13-23/h4-6,8-15,18-20H,7,16-17H2,1-3H3,(H,36,41)(H,37,40). The van der Waals surface area contributed by atoms with Crippen LogP contribution in [0, 0.1) is 19.7 Å². The lowest BCUT2D eigenvalue weighted by atomic mass is 9.71. The molecule has 2 heterocycles. The highest BCUT2D eigenvalue weighted by molar-refractivity contribution is 6.07. The van der Waals surface area contributed by atoms with Crippen LogP contribution in [0.2, 0.25) is 0 Å². The number of amides is 2. The van der Waals surface area contributed by atoms with Crippen molar-refractivity contribution in [3.63, 3.8) is 0 Å². The Hall–Kier alpha value is -4.78. The molecule has 0 radical (unpaired) electrons. The lowest BCUT2D eigenvalue weighted by molar-refractivity contribution is 0.0823. The zero-order chi connectivity index (χ0) is 28.7. The minimum absolute atomic E-state index is 0.110. The van der Waals surface area contributed by atoms with Gasteiger partial charge in [-0.2, -0.15) is 5.10 Å². The number of hydrogen-bond donors (Lipinski definition) is 2. The number of nitrogens with zero attached hydrogens (tertiary/aromatic N) is 2. The highest BCUT2D eigenvalue weighted by Crippen LogP contribution is 2.41. The van der Waals surface area contributed by atoms with Crippen LogP contribution in [0.4, 0.5) is 4.39 Å². The van der Waals surface area contributed by atoms with Gasteiger partial charge in [0.15, 0.2) is 0 Å². The van der Waals surface area contributed by atoms with E-state index in [0.29, 0.717) is 27.9 Å². The maximum Gasteiger partial charge on any atom is 0.255 e. The molecule has 0 saturated heterocycles. The van der Waals surface area contributed by atoms with Gasteiger partial charge in [0.05, 0.1) is 16.6 Å². The van der Waals surface area contributed by atoms with Crippen molar-refractivity contribution >= 4 is 17.3 Å². The van der Waals surface area contributed by atoms with Gasteiger partial charge in [0.25, 0.3) is 11.8 Å². The predicted molar refractivity (Wildman–Crippen MR) is 158 cm³/mol. The summed E-state index contributed by atoms with van der Waals surface area (Å²) in [4.78, 5) is 26.7. The van der Waals surface area contributed by atoms with E-state index in [9.17, 15) is 14.0 Å². The zero-order valence-corrected chi connectivity index (χ0v) is 23.3. The summed E-state index contributed by atoms with van der Waals surface area (Å²) in [7, 11) is 1.58. The second-order valence-electron chi connectivity index (χ2n) is 10.8. The first-order chi connectivity index (χ1) is 19.8. The number of fused-ring (bicyclic) bond motifs is 1. The number of benzene rings is 3. The Labute approximate surface area is 238 Å². The van der Waals surface area contributed by atoms with Crippen LogP contribution in [-0.4, -0.2) is 28.5 Å². The Morgan fingerprint density at radius 2 is 1.61 bits per heavy atom. The molecule has 1 saturated carbocycles. The highest BCUT2D eigenvalue weighted by atomic mass is 19.1. The van der Waals surface area contributed by atoms with Crippen LogP contribution in [0.3, 0.4) is 0 Å². The molecule has 5 aromatic rings. The molecule has 2 N–H and O–H groups in total. The van der Waals surface area contributed by atoms with Gasteiger partial charge in [-0.15, -0.1) is 0 Å². The summed E-state index contributed by atoms with van der Waals surface area (Å²) < 4.78 is 15.4. The third kappa shape index (κ3) is 4.67. The lowest BCUT2D eigenvalue weighted by Gasteiger charge is -2.43. The molecule has 6 nitrogen and oxygen atoms in total. The number of halogens is 1. The second-order valence-corrected chi connectivity index (χ2v) is 10.8. The molecule has 0 spiro atoms. The van der Waals surface area contributed by atoms with Crippen LogP contribution >= 0.6 is 0 Å². The van der Waals surface area contributed by atoms with E-state index >= 15 is 0 Å². The molecule has 1 aliphatic carbocycles. The molecule has 0 bridgehead atoms. The minimum Gasteiger partial charge on any atom is -0.355 e. The highest BCUT2D eigenvalue weighted by Gasteiger charge is 2.40. The smallest absolute Gasteiger partial charge is 0.255 e. The fourth-order valence-electron chi connectivity index (χ4n) is 5.76. The molecule has 2 aromatic heterocycles. The van der Waals surface area contributed by atoms with Gasteiger partial charge in [-0.25, -0.2) is 8.91 Å². The molecule has 0 atom stereocenters. The average Bonchev–Trinajstić information content (AvgIpc) is 3.35. The Morgan fingerprint density at radius 1 is 0.878 bits per heavy atom. The van der Waals surface area contributed by atoms with Crippen molar-refractivity contribution in [2.24, 2.45) is 0 Å². The van der Waals surface area contributed by atoms with Crippen molar-refractivity contribution in [3.05, 3.63) is 119 Å². The molecule has 6 rings (SSSR count). The normalized spacial score (nSPS) is 14.0. The quantitative estimate of drug-likeness (QED) is 0.252. The summed E-state index contributed by atoms with van der Waals surface area (Å²) >= 11 is 0. The van der Waals surface area contributed by atoms with Crippen LogP contribution in [0.15, 0.2) is 84.9 Å². The van der Waals surface area contributed by atoms with Gasteiger partial charge in [-0.3, -0.25) is 9.59 Å². The van der Waals surface area contributed by atoms with Gasteiger partial charge in [-0.1, -0.05) is 36.4 Å². The van der Waals surface area contributed by atoms with Crippen LogP contribution in [0.25, 0.3) is 27.9 Å². The van der Waals surface area contributed by atoms with E-state index in [0.717, 1.165) is 47.2 Å². The van der Waals surface area contributed by atoms with Gasteiger partial charge < -0.3 is 10.6 Å². The van der Waals surface area contributed by atoms with Crippen molar-refractivity contribution in [2.75, 3.05) is 7.05 Å². The molecule has 2 amide bonds. The predicted octanol–water partition coefficient (Wildman–Crippen LogP) is 6.59. The third-order valence-electron chi connectivity index (χ3n) is 8.18. The van der Waals surface area contributed by atoms with Crippen molar-refractivity contribution in [1.29, 1.82) is 0 Å². The molecule has 7 heteroatoms. The van der Waals surface area contributed by atoms with Gasteiger partial charge >= 0.3 is 0 Å². The largest absolute Gasteiger partial charge is 0.355 e. The van der Waals surface area contributed by atoms with Crippen molar-refractivity contribution in [1.82, 2.24) is 20.2 Å². The maximum absolute atomic E-state index is 13.6. The van der Waals surface area contributed by atoms with Gasteiger partial charge in [0.1, 0.15) is 11.5 Å². The number of carbonyl (C=O) groups excluding carboxylic acids is 2. The molecule has 206 valence electrons. The van der Waals surface area contributed by atoms with Crippen molar-refractivity contribution in [3.8, 4) is 22.4 Å². The molecule has 1 aliphatic rings. The number of carbonyl (C=O) groups is 2. The minimum atomic E-state index is -0.358. The molecule has 0 aliphatic heterocycles. The average molecular weight is 547 g/mol. The molecular weight excluding hydrogens is 515 g/mol. The topological polar surface area (TPSA) is 75.5 Å². The van der Waals surface area contributed by atoms with E-state index < -0.39 is 0 Å². The number of hydrogen-bond acceptors (Lipinski definition) is 3. The van der Waals surface area contributed by atoms with Gasteiger partial charge in [0, 0.05) is 23.9 Å². The molecule has 41 heavy (non-hydrogen) atoms. The Balaban J connectivity index is 1.42. The fraction of sp³-hybridized carbons (Fsp3) is 0.206. The maximum atomic E-state index is 13.6. The van der Waals surface area contributed by atoms with E-state index in [2.05, 4.69) is 22.8 Å². The number of pyridine rings is 1. The second kappa shape index (κ2) is 10.3. The Bertz CT molecular complexity index is 1790. The van der Waals surface area contributed by atoms with Crippen molar-refractivity contribution < 1.29 is 14.0 Å². The molecule has 1 fully saturated rings. The summed E-state index contributed by atoms with van der Waals surface area (Å²) in [6, 6.07) is 25.8. The van der Waals surface area contributed by atoms with E-state index in [1.807, 2.05) is 62.4 Å². The van der Waals surface area contributed by atoms with E-state index in [-0.39, 0.29) is 23.2 Å². The number of aryl methyl sites for hydroxylation is 2. The fourth-order valence-corrected chi connectivity index (χ4v) is 5.76. The van der Waals surface area contributed by atoms with Gasteiger partial charge in [-0.05, 0) is 104 Å². The number of nitrogens with one attached hydrogen (secondary N) is 2. The first-order valence-corrected chi connectivity index (χ1v) is 13.8. The lowest BCUT2D eigenvalue weighted by Crippen LogP contribution is -2.50. The number of rotatable bonds is 6. The van der Waals surface area contributed by atoms with E-state index in [4.69, 9.17) is 5.10 Å². The molecule has 0 unspecified atom stereocenters. The van der Waals surface area contributed by atoms with E-state index in [1.54, 1.807) is 23.7 Å². The van der Waals surface area contributed by atoms with Gasteiger partial charge in [0.2, 0.25) is 0 Å². The summed E-state index contributed by atoms with van der Waals surface area (Å²) in [6.07, 6.45) is 2.90. The van der Waals surface area contributed by atoms with Crippen LogP contribution < -0.4 is 10.6 Å². The Morgan fingerprint density at radius 3 is 2.27 bits per heavy atom. The SMILES string of the molecule is CNC(=O)c1c(-c2ccc(F)cc2)nn2c(C)cc(-c3cc(C(=O)NC4(c5ccccc5)CCC4)ccc3C)cc12. The van der Waals surface area contributed by atoms with Crippen LogP contribution in [-0.2, 0) is 5.54 Å². The third-order valence-corrected chi connectivity index (χ3v) is 8.18. The molecule has 3 aromatic carbocycles. The monoisotopic (exact) mass is 546 g/mol. The summed E-state index contributed by atoms with van der Waals surface area (Å²) in [5, 5.41) is 10.8. The van der Waals surface area contributed by atoms with E-state index in [1.165, 1.54) is 12.1 Å². The van der Waals surface area contributed by atoms with Crippen LogP contribution in [0.1, 0.15) is 56.8 Å². The Kier molecular flexibility index (Phi) is 6.66. The molecular formula is C34H31FN4O2. The van der Waals surface area contributed by atoms with Crippen LogP contribution in [0.5, 0.6) is 0 Å². The first kappa shape index (κ1) is 26.4. The zero-order valence-electron chi connectivity index (χ0n) is 23.3. The summed E-state index contributed by atoms with van der Waals surface area (Å²) in [5.41, 5.74) is 7.14. The number of aromatic nitrogens is 2. The summed E-state index contributed by atoms with van der Waals surface area (Å²) in [6.45, 7) is 3.94. The van der Waals surface area contributed by atoms with Crippen molar-refractivity contribution in [2.45, 2.75) is 38.6 Å².